The molecule has 0 atom stereocenters. The number of hydrogen-bond acceptors (Lipinski definition) is 3. The van der Waals surface area contributed by atoms with E-state index in [1.165, 1.54) is 7.11 Å². The maximum absolute atomic E-state index is 11.5. The number of anilines is 1. The quantitative estimate of drug-likeness (QED) is 0.792. The minimum atomic E-state index is -0.133. The summed E-state index contributed by atoms with van der Waals surface area (Å²) < 4.78 is 10.2. The summed E-state index contributed by atoms with van der Waals surface area (Å²) in [5.74, 6) is 3.51. The predicted octanol–water partition coefficient (Wildman–Crippen LogP) is 2.06. The normalized spacial score (nSPS) is 9.24. The molecule has 1 amide bonds. The van der Waals surface area contributed by atoms with E-state index in [0.717, 1.165) is 0 Å². The highest BCUT2D eigenvalue weighted by Crippen LogP contribution is 2.29. The zero-order valence-corrected chi connectivity index (χ0v) is 9.95. The summed E-state index contributed by atoms with van der Waals surface area (Å²) in [6.45, 7) is 0. The molecule has 4 heteroatoms. The van der Waals surface area contributed by atoms with Gasteiger partial charge < -0.3 is 14.8 Å². The van der Waals surface area contributed by atoms with E-state index in [9.17, 15) is 4.79 Å². The standard InChI is InChI=1S/C13H15NO3/c1-4-5-6-13(15)14-11-8-7-10(16-2)9-12(11)17-3/h1,7-9H,5-6H2,2-3H3,(H,14,15). The molecule has 0 radical (unpaired) electrons. The molecular weight excluding hydrogens is 218 g/mol. The number of carbonyl (C=O) groups excluding carboxylic acids is 1. The lowest BCUT2D eigenvalue weighted by Crippen LogP contribution is -2.11. The Morgan fingerprint density at radius 2 is 2.18 bits per heavy atom. The lowest BCUT2D eigenvalue weighted by atomic mass is 10.2. The smallest absolute Gasteiger partial charge is 0.225 e. The van der Waals surface area contributed by atoms with E-state index in [1.807, 2.05) is 0 Å². The minimum Gasteiger partial charge on any atom is -0.497 e. The highest BCUT2D eigenvalue weighted by Gasteiger charge is 2.08. The minimum absolute atomic E-state index is 0.133. The van der Waals surface area contributed by atoms with Crippen LogP contribution >= 0.6 is 0 Å². The van der Waals surface area contributed by atoms with Crippen molar-refractivity contribution in [3.63, 3.8) is 0 Å². The highest BCUT2D eigenvalue weighted by molar-refractivity contribution is 5.92. The van der Waals surface area contributed by atoms with Crippen LogP contribution in [0.1, 0.15) is 12.8 Å². The third-order valence-electron chi connectivity index (χ3n) is 2.18. The molecule has 1 rings (SSSR count). The number of terminal acetylenes is 1. The molecule has 0 aliphatic heterocycles. The van der Waals surface area contributed by atoms with Crippen LogP contribution in [0, 0.1) is 12.3 Å². The van der Waals surface area contributed by atoms with Gasteiger partial charge in [0.25, 0.3) is 0 Å². The molecule has 0 aliphatic carbocycles. The summed E-state index contributed by atoms with van der Waals surface area (Å²) in [4.78, 5) is 11.5. The van der Waals surface area contributed by atoms with Gasteiger partial charge >= 0.3 is 0 Å². The number of carbonyl (C=O) groups is 1. The Morgan fingerprint density at radius 1 is 1.41 bits per heavy atom. The van der Waals surface area contributed by atoms with Crippen molar-refractivity contribution in [1.82, 2.24) is 0 Å². The first-order valence-corrected chi connectivity index (χ1v) is 5.16. The number of benzene rings is 1. The van der Waals surface area contributed by atoms with Crippen molar-refractivity contribution < 1.29 is 14.3 Å². The van der Waals surface area contributed by atoms with Gasteiger partial charge in [-0.15, -0.1) is 12.3 Å². The second-order valence-electron chi connectivity index (χ2n) is 3.32. The molecule has 1 aromatic rings. The summed E-state index contributed by atoms with van der Waals surface area (Å²) >= 11 is 0. The number of amides is 1. The van der Waals surface area contributed by atoms with Gasteiger partial charge in [0.1, 0.15) is 11.5 Å². The fraction of sp³-hybridized carbons (Fsp3) is 0.308. The SMILES string of the molecule is C#CCCC(=O)Nc1ccc(OC)cc1OC. The number of ether oxygens (including phenoxy) is 2. The van der Waals surface area contributed by atoms with Gasteiger partial charge in [0.2, 0.25) is 5.91 Å². The molecule has 0 spiro atoms. The van der Waals surface area contributed by atoms with Crippen LogP contribution in [0.3, 0.4) is 0 Å². The average molecular weight is 233 g/mol. The molecule has 0 fully saturated rings. The number of methoxy groups -OCH3 is 2. The Hall–Kier alpha value is -2.15. The van der Waals surface area contributed by atoms with E-state index in [4.69, 9.17) is 15.9 Å². The Kier molecular flexibility index (Phi) is 4.89. The van der Waals surface area contributed by atoms with Crippen LogP contribution in [0.5, 0.6) is 11.5 Å². The molecule has 0 aromatic heterocycles. The van der Waals surface area contributed by atoms with Crippen molar-refractivity contribution in [3.8, 4) is 23.8 Å². The van der Waals surface area contributed by atoms with Crippen molar-refractivity contribution >= 4 is 11.6 Å². The fourth-order valence-electron chi connectivity index (χ4n) is 1.30. The first-order valence-electron chi connectivity index (χ1n) is 5.16. The molecule has 4 nitrogen and oxygen atoms in total. The number of nitrogens with one attached hydrogen (secondary N) is 1. The largest absolute Gasteiger partial charge is 0.497 e. The van der Waals surface area contributed by atoms with E-state index >= 15 is 0 Å². The molecule has 0 saturated heterocycles. The van der Waals surface area contributed by atoms with Gasteiger partial charge in [0.05, 0.1) is 19.9 Å². The molecule has 90 valence electrons. The number of rotatable bonds is 5. The lowest BCUT2D eigenvalue weighted by molar-refractivity contribution is -0.116. The van der Waals surface area contributed by atoms with Crippen LogP contribution < -0.4 is 14.8 Å². The zero-order valence-electron chi connectivity index (χ0n) is 9.95. The topological polar surface area (TPSA) is 47.6 Å². The van der Waals surface area contributed by atoms with E-state index in [0.29, 0.717) is 30.0 Å². The first kappa shape index (κ1) is 12.9. The molecular formula is C13H15NO3. The molecule has 0 bridgehead atoms. The Bertz CT molecular complexity index is 435. The van der Waals surface area contributed by atoms with Crippen LogP contribution in [0.2, 0.25) is 0 Å². The van der Waals surface area contributed by atoms with Crippen LogP contribution in [0.25, 0.3) is 0 Å². The summed E-state index contributed by atoms with van der Waals surface area (Å²) in [6.07, 6.45) is 5.81. The maximum Gasteiger partial charge on any atom is 0.225 e. The van der Waals surface area contributed by atoms with Crippen molar-refractivity contribution in [2.75, 3.05) is 19.5 Å². The Labute approximate surface area is 101 Å². The molecule has 0 unspecified atom stereocenters. The van der Waals surface area contributed by atoms with Gasteiger partial charge in [0.15, 0.2) is 0 Å². The average Bonchev–Trinajstić information content (AvgIpc) is 2.36. The fourth-order valence-corrected chi connectivity index (χ4v) is 1.30. The predicted molar refractivity (Wildman–Crippen MR) is 66.2 cm³/mol. The monoisotopic (exact) mass is 233 g/mol. The molecule has 1 N–H and O–H groups in total. The summed E-state index contributed by atoms with van der Waals surface area (Å²) in [5.41, 5.74) is 0.607. The molecule has 0 saturated carbocycles. The molecule has 17 heavy (non-hydrogen) atoms. The van der Waals surface area contributed by atoms with Crippen LogP contribution in [-0.2, 0) is 4.79 Å². The highest BCUT2D eigenvalue weighted by atomic mass is 16.5. The van der Waals surface area contributed by atoms with E-state index in [2.05, 4.69) is 11.2 Å². The summed E-state index contributed by atoms with van der Waals surface area (Å²) in [7, 11) is 3.10. The van der Waals surface area contributed by atoms with Gasteiger partial charge in [-0.1, -0.05) is 0 Å². The molecule has 1 aromatic carbocycles. The molecule has 0 heterocycles. The molecule has 0 aliphatic rings. The second-order valence-corrected chi connectivity index (χ2v) is 3.32. The third-order valence-corrected chi connectivity index (χ3v) is 2.18. The van der Waals surface area contributed by atoms with Crippen molar-refractivity contribution in [1.29, 1.82) is 0 Å². The number of hydrogen-bond donors (Lipinski definition) is 1. The van der Waals surface area contributed by atoms with Crippen molar-refractivity contribution in [3.05, 3.63) is 18.2 Å². The van der Waals surface area contributed by atoms with Gasteiger partial charge in [0, 0.05) is 18.9 Å². The zero-order chi connectivity index (χ0) is 12.7. The van der Waals surface area contributed by atoms with Gasteiger partial charge in [-0.2, -0.15) is 0 Å². The lowest BCUT2D eigenvalue weighted by Gasteiger charge is -2.11. The first-order chi connectivity index (χ1) is 8.21. The van der Waals surface area contributed by atoms with Gasteiger partial charge in [-0.05, 0) is 12.1 Å². The Balaban J connectivity index is 2.77. The second kappa shape index (κ2) is 6.44. The van der Waals surface area contributed by atoms with Crippen LogP contribution in [0.4, 0.5) is 5.69 Å². The van der Waals surface area contributed by atoms with Crippen LogP contribution in [-0.4, -0.2) is 20.1 Å². The summed E-state index contributed by atoms with van der Waals surface area (Å²) in [5, 5.41) is 2.73. The van der Waals surface area contributed by atoms with Crippen LogP contribution in [0.15, 0.2) is 18.2 Å². The van der Waals surface area contributed by atoms with Gasteiger partial charge in [-0.25, -0.2) is 0 Å². The maximum atomic E-state index is 11.5. The van der Waals surface area contributed by atoms with E-state index in [1.54, 1.807) is 25.3 Å². The van der Waals surface area contributed by atoms with Gasteiger partial charge in [-0.3, -0.25) is 4.79 Å². The summed E-state index contributed by atoms with van der Waals surface area (Å²) in [6, 6.07) is 5.18. The van der Waals surface area contributed by atoms with E-state index < -0.39 is 0 Å². The van der Waals surface area contributed by atoms with E-state index in [-0.39, 0.29) is 5.91 Å². The van der Waals surface area contributed by atoms with Crippen molar-refractivity contribution in [2.24, 2.45) is 0 Å². The Morgan fingerprint density at radius 3 is 2.76 bits per heavy atom. The van der Waals surface area contributed by atoms with Crippen molar-refractivity contribution in [2.45, 2.75) is 12.8 Å². The third kappa shape index (κ3) is 3.72.